The largest absolute Gasteiger partial charge is 0.352 e. The van der Waals surface area contributed by atoms with Gasteiger partial charge in [0.25, 0.3) is 0 Å². The Morgan fingerprint density at radius 2 is 1.75 bits per heavy atom. The van der Waals surface area contributed by atoms with Gasteiger partial charge in [0.05, 0.1) is 28.3 Å². The van der Waals surface area contributed by atoms with Crippen LogP contribution in [0.5, 0.6) is 0 Å². The quantitative estimate of drug-likeness (QED) is 0.647. The maximum Gasteiger partial charge on any atom is 0.220 e. The number of quaternary nitrogens is 1. The summed E-state index contributed by atoms with van der Waals surface area (Å²) < 4.78 is 1.18. The van der Waals surface area contributed by atoms with E-state index in [1.165, 1.54) is 42.6 Å². The van der Waals surface area contributed by atoms with Crippen LogP contribution in [0.25, 0.3) is 10.2 Å². The summed E-state index contributed by atoms with van der Waals surface area (Å²) in [6.07, 6.45) is 5.28. The molecule has 4 nitrogen and oxygen atoms in total. The number of aromatic nitrogens is 1. The Balaban J connectivity index is 1.21. The highest BCUT2D eigenvalue weighted by molar-refractivity contribution is 7.18. The molecule has 1 aliphatic heterocycles. The number of piperidine rings is 1. The van der Waals surface area contributed by atoms with Crippen LogP contribution in [0, 0.1) is 0 Å². The van der Waals surface area contributed by atoms with E-state index in [0.29, 0.717) is 19.4 Å². The number of hydrogen-bond donors (Lipinski definition) is 2. The third-order valence-electron chi connectivity index (χ3n) is 5.43. The van der Waals surface area contributed by atoms with Crippen molar-refractivity contribution in [3.05, 3.63) is 64.7 Å². The van der Waals surface area contributed by atoms with Crippen molar-refractivity contribution >= 4 is 27.5 Å². The fourth-order valence-electron chi connectivity index (χ4n) is 3.83. The first-order valence-electron chi connectivity index (χ1n) is 10.3. The van der Waals surface area contributed by atoms with E-state index in [1.54, 1.807) is 16.2 Å². The summed E-state index contributed by atoms with van der Waals surface area (Å²) in [5.74, 6) is 0.0843. The van der Waals surface area contributed by atoms with Crippen molar-refractivity contribution in [3.8, 4) is 0 Å². The molecule has 1 aromatic heterocycles. The number of nitrogens with zero attached hydrogens (tertiary/aromatic N) is 1. The average molecular weight is 395 g/mol. The molecule has 2 heterocycles. The third kappa shape index (κ3) is 5.18. The summed E-state index contributed by atoms with van der Waals surface area (Å²) in [6, 6.07) is 16.8. The number of aryl methyl sites for hydroxylation is 1. The van der Waals surface area contributed by atoms with Crippen molar-refractivity contribution in [1.82, 2.24) is 10.3 Å². The van der Waals surface area contributed by atoms with E-state index in [2.05, 4.69) is 40.6 Å². The molecule has 0 unspecified atom stereocenters. The van der Waals surface area contributed by atoms with Gasteiger partial charge in [-0.3, -0.25) is 4.79 Å². The van der Waals surface area contributed by atoms with E-state index < -0.39 is 0 Å². The van der Waals surface area contributed by atoms with Gasteiger partial charge in [-0.25, -0.2) is 4.98 Å². The zero-order valence-corrected chi connectivity index (χ0v) is 17.1. The molecule has 28 heavy (non-hydrogen) atoms. The molecule has 1 amide bonds. The summed E-state index contributed by atoms with van der Waals surface area (Å²) in [5.41, 5.74) is 3.57. The van der Waals surface area contributed by atoms with Crippen molar-refractivity contribution in [3.63, 3.8) is 0 Å². The second-order valence-electron chi connectivity index (χ2n) is 7.66. The highest BCUT2D eigenvalue weighted by atomic mass is 32.1. The molecule has 1 fully saturated rings. The molecule has 1 saturated heterocycles. The fourth-order valence-corrected chi connectivity index (χ4v) is 4.80. The zero-order valence-electron chi connectivity index (χ0n) is 16.2. The molecule has 3 aromatic rings. The number of thiazole rings is 1. The topological polar surface area (TPSA) is 46.4 Å². The Morgan fingerprint density at radius 3 is 2.54 bits per heavy atom. The lowest BCUT2D eigenvalue weighted by Gasteiger charge is -2.23. The number of rotatable bonds is 7. The molecule has 0 spiro atoms. The second kappa shape index (κ2) is 9.30. The standard InChI is InChI=1S/C23H27N3OS/c27-22(12-13-23-25-20-6-2-3-7-21(20)28-23)24-16-18-8-10-19(11-9-18)17-26-14-4-1-5-15-26/h2-3,6-11H,1,4-5,12-17H2,(H,24,27)/p+1. The number of nitrogens with one attached hydrogen (secondary N) is 2. The van der Waals surface area contributed by atoms with E-state index in [9.17, 15) is 4.79 Å². The number of amides is 1. The van der Waals surface area contributed by atoms with E-state index in [-0.39, 0.29) is 5.91 Å². The Morgan fingerprint density at radius 1 is 1.00 bits per heavy atom. The number of fused-ring (bicyclic) bond motifs is 1. The monoisotopic (exact) mass is 394 g/mol. The molecule has 0 atom stereocenters. The van der Waals surface area contributed by atoms with Gasteiger partial charge in [-0.1, -0.05) is 36.4 Å². The number of carbonyl (C=O) groups is 1. The molecular formula is C23H28N3OS+. The van der Waals surface area contributed by atoms with Crippen LogP contribution in [0.2, 0.25) is 0 Å². The first-order chi connectivity index (χ1) is 13.8. The molecule has 2 N–H and O–H groups in total. The van der Waals surface area contributed by atoms with Crippen LogP contribution in [0.3, 0.4) is 0 Å². The van der Waals surface area contributed by atoms with Crippen LogP contribution in [0.4, 0.5) is 0 Å². The van der Waals surface area contributed by atoms with Gasteiger partial charge in [0.1, 0.15) is 6.54 Å². The predicted molar refractivity (Wildman–Crippen MR) is 114 cm³/mol. The Hall–Kier alpha value is -2.24. The molecule has 0 bridgehead atoms. The van der Waals surface area contributed by atoms with Crippen LogP contribution in [-0.4, -0.2) is 24.0 Å². The molecule has 146 valence electrons. The van der Waals surface area contributed by atoms with Gasteiger partial charge in [0.2, 0.25) is 5.91 Å². The Labute approximate surface area is 170 Å². The number of benzene rings is 2. The molecule has 1 aliphatic rings. The lowest BCUT2D eigenvalue weighted by Crippen LogP contribution is -3.11. The Kier molecular flexibility index (Phi) is 6.34. The molecule has 5 heteroatoms. The van der Waals surface area contributed by atoms with E-state index in [0.717, 1.165) is 22.6 Å². The number of hydrogen-bond acceptors (Lipinski definition) is 3. The van der Waals surface area contributed by atoms with E-state index in [4.69, 9.17) is 0 Å². The lowest BCUT2D eigenvalue weighted by molar-refractivity contribution is -0.918. The van der Waals surface area contributed by atoms with Gasteiger partial charge in [-0.05, 0) is 37.0 Å². The first-order valence-corrected chi connectivity index (χ1v) is 11.1. The van der Waals surface area contributed by atoms with Gasteiger partial charge in [0, 0.05) is 24.9 Å². The van der Waals surface area contributed by atoms with Crippen molar-refractivity contribution in [2.45, 2.75) is 45.2 Å². The van der Waals surface area contributed by atoms with Crippen LogP contribution in [0.1, 0.15) is 41.8 Å². The van der Waals surface area contributed by atoms with Gasteiger partial charge in [-0.2, -0.15) is 0 Å². The Bertz CT molecular complexity index is 880. The highest BCUT2D eigenvalue weighted by Gasteiger charge is 2.13. The lowest BCUT2D eigenvalue weighted by atomic mass is 10.1. The molecule has 0 saturated carbocycles. The minimum absolute atomic E-state index is 0.0843. The van der Waals surface area contributed by atoms with Crippen molar-refractivity contribution in [2.24, 2.45) is 0 Å². The molecule has 0 aliphatic carbocycles. The predicted octanol–water partition coefficient (Wildman–Crippen LogP) is 3.11. The average Bonchev–Trinajstić information content (AvgIpc) is 3.15. The van der Waals surface area contributed by atoms with Crippen molar-refractivity contribution < 1.29 is 9.69 Å². The van der Waals surface area contributed by atoms with Crippen LogP contribution < -0.4 is 10.2 Å². The molecule has 2 aromatic carbocycles. The third-order valence-corrected chi connectivity index (χ3v) is 6.53. The maximum absolute atomic E-state index is 12.2. The van der Waals surface area contributed by atoms with Crippen LogP contribution >= 0.6 is 11.3 Å². The highest BCUT2D eigenvalue weighted by Crippen LogP contribution is 2.22. The number of likely N-dealkylation sites (tertiary alicyclic amines) is 1. The van der Waals surface area contributed by atoms with Crippen LogP contribution in [-0.2, 0) is 24.3 Å². The molecule has 4 rings (SSSR count). The summed E-state index contributed by atoms with van der Waals surface area (Å²) in [7, 11) is 0. The van der Waals surface area contributed by atoms with Crippen molar-refractivity contribution in [2.75, 3.05) is 13.1 Å². The van der Waals surface area contributed by atoms with Gasteiger partial charge < -0.3 is 10.2 Å². The maximum atomic E-state index is 12.2. The van der Waals surface area contributed by atoms with Crippen LogP contribution in [0.15, 0.2) is 48.5 Å². The second-order valence-corrected chi connectivity index (χ2v) is 8.77. The fraction of sp³-hybridized carbons (Fsp3) is 0.391. The summed E-state index contributed by atoms with van der Waals surface area (Å²) in [5, 5.41) is 4.07. The molecule has 0 radical (unpaired) electrons. The van der Waals surface area contributed by atoms with Gasteiger partial charge in [0.15, 0.2) is 0 Å². The zero-order chi connectivity index (χ0) is 19.2. The van der Waals surface area contributed by atoms with E-state index in [1.807, 2.05) is 18.2 Å². The summed E-state index contributed by atoms with van der Waals surface area (Å²) in [6.45, 7) is 4.31. The number of carbonyl (C=O) groups excluding carboxylic acids is 1. The summed E-state index contributed by atoms with van der Waals surface area (Å²) in [4.78, 5) is 18.5. The number of para-hydroxylation sites is 1. The summed E-state index contributed by atoms with van der Waals surface area (Å²) >= 11 is 1.68. The first kappa shape index (κ1) is 19.1. The smallest absolute Gasteiger partial charge is 0.220 e. The minimum Gasteiger partial charge on any atom is -0.352 e. The molecular weight excluding hydrogens is 366 g/mol. The normalized spacial score (nSPS) is 15.0. The van der Waals surface area contributed by atoms with Crippen molar-refractivity contribution in [1.29, 1.82) is 0 Å². The minimum atomic E-state index is 0.0843. The van der Waals surface area contributed by atoms with E-state index >= 15 is 0 Å². The SMILES string of the molecule is O=C(CCc1nc2ccccc2s1)NCc1ccc(C[NH+]2CCCCC2)cc1. The van der Waals surface area contributed by atoms with Gasteiger partial charge >= 0.3 is 0 Å². The van der Waals surface area contributed by atoms with Gasteiger partial charge in [-0.15, -0.1) is 11.3 Å².